The SMILES string of the molecule is c1ccc(C2OCC(Cn3cncn3)(c3ccccc3)O2)cc1. The minimum absolute atomic E-state index is 0.375. The van der Waals surface area contributed by atoms with E-state index in [-0.39, 0.29) is 6.29 Å². The normalized spacial score (nSPS) is 23.9. The lowest BCUT2D eigenvalue weighted by atomic mass is 9.94. The molecule has 1 aliphatic heterocycles. The Kier molecular flexibility index (Phi) is 3.65. The predicted molar refractivity (Wildman–Crippen MR) is 84.4 cm³/mol. The van der Waals surface area contributed by atoms with Gasteiger partial charge in [0.25, 0.3) is 0 Å². The van der Waals surface area contributed by atoms with Gasteiger partial charge in [0.15, 0.2) is 6.29 Å². The summed E-state index contributed by atoms with van der Waals surface area (Å²) in [6, 6.07) is 20.1. The molecule has 2 aromatic carbocycles. The zero-order valence-corrected chi connectivity index (χ0v) is 12.6. The zero-order chi connectivity index (χ0) is 15.5. The Morgan fingerprint density at radius 3 is 2.48 bits per heavy atom. The van der Waals surface area contributed by atoms with Gasteiger partial charge in [-0.15, -0.1) is 0 Å². The van der Waals surface area contributed by atoms with E-state index in [1.54, 1.807) is 11.0 Å². The molecular weight excluding hydrogens is 290 g/mol. The van der Waals surface area contributed by atoms with Crippen LogP contribution in [0.5, 0.6) is 0 Å². The standard InChI is InChI=1S/C18H17N3O2/c1-3-7-15(8-4-1)17-22-12-18(23-17,11-21-14-19-13-20-21)16-9-5-2-6-10-16/h1-10,13-14,17H,11-12H2. The number of aromatic nitrogens is 3. The molecule has 0 aliphatic carbocycles. The Bertz CT molecular complexity index is 746. The van der Waals surface area contributed by atoms with Crippen LogP contribution in [0.1, 0.15) is 17.4 Å². The molecule has 2 heterocycles. The fourth-order valence-electron chi connectivity index (χ4n) is 2.90. The maximum atomic E-state index is 6.38. The first-order chi connectivity index (χ1) is 11.4. The van der Waals surface area contributed by atoms with Crippen molar-refractivity contribution in [2.45, 2.75) is 18.4 Å². The van der Waals surface area contributed by atoms with Crippen LogP contribution < -0.4 is 0 Å². The number of benzene rings is 2. The zero-order valence-electron chi connectivity index (χ0n) is 12.6. The summed E-state index contributed by atoms with van der Waals surface area (Å²) < 4.78 is 14.1. The fourth-order valence-corrected chi connectivity index (χ4v) is 2.90. The summed E-state index contributed by atoms with van der Waals surface area (Å²) in [6.45, 7) is 1.02. The lowest BCUT2D eigenvalue weighted by Gasteiger charge is -2.27. The molecule has 23 heavy (non-hydrogen) atoms. The van der Waals surface area contributed by atoms with E-state index in [2.05, 4.69) is 22.2 Å². The summed E-state index contributed by atoms with van der Waals surface area (Å²) >= 11 is 0. The van der Waals surface area contributed by atoms with E-state index >= 15 is 0 Å². The van der Waals surface area contributed by atoms with Crippen LogP contribution in [0.15, 0.2) is 73.3 Å². The Balaban J connectivity index is 1.67. The molecule has 0 radical (unpaired) electrons. The van der Waals surface area contributed by atoms with Crippen molar-refractivity contribution < 1.29 is 9.47 Å². The van der Waals surface area contributed by atoms with E-state index in [0.717, 1.165) is 11.1 Å². The van der Waals surface area contributed by atoms with Gasteiger partial charge in [-0.3, -0.25) is 0 Å². The maximum absolute atomic E-state index is 6.38. The quantitative estimate of drug-likeness (QED) is 0.743. The third-order valence-electron chi connectivity index (χ3n) is 4.06. The van der Waals surface area contributed by atoms with Gasteiger partial charge in [-0.05, 0) is 5.56 Å². The third kappa shape index (κ3) is 2.76. The molecule has 1 fully saturated rings. The van der Waals surface area contributed by atoms with Gasteiger partial charge in [-0.25, -0.2) is 9.67 Å². The molecule has 4 rings (SSSR count). The van der Waals surface area contributed by atoms with E-state index in [1.165, 1.54) is 6.33 Å². The van der Waals surface area contributed by atoms with Gasteiger partial charge in [-0.2, -0.15) is 5.10 Å². The monoisotopic (exact) mass is 307 g/mol. The second kappa shape index (κ2) is 5.95. The van der Waals surface area contributed by atoms with Crippen LogP contribution in [-0.2, 0) is 21.6 Å². The Labute approximate surface area is 134 Å². The van der Waals surface area contributed by atoms with Crippen LogP contribution in [-0.4, -0.2) is 21.4 Å². The van der Waals surface area contributed by atoms with Crippen LogP contribution in [0.4, 0.5) is 0 Å². The summed E-state index contributed by atoms with van der Waals surface area (Å²) in [7, 11) is 0. The molecule has 3 aromatic rings. The molecule has 0 spiro atoms. The van der Waals surface area contributed by atoms with Crippen molar-refractivity contribution in [3.8, 4) is 0 Å². The largest absolute Gasteiger partial charge is 0.345 e. The molecule has 116 valence electrons. The summed E-state index contributed by atoms with van der Waals surface area (Å²) in [5.74, 6) is 0. The highest BCUT2D eigenvalue weighted by Gasteiger charge is 2.44. The smallest absolute Gasteiger partial charge is 0.185 e. The third-order valence-corrected chi connectivity index (χ3v) is 4.06. The van der Waals surface area contributed by atoms with Crippen LogP contribution in [0.25, 0.3) is 0 Å². The van der Waals surface area contributed by atoms with E-state index in [9.17, 15) is 0 Å². The number of hydrogen-bond donors (Lipinski definition) is 0. The van der Waals surface area contributed by atoms with Crippen molar-refractivity contribution in [3.63, 3.8) is 0 Å². The number of rotatable bonds is 4. The number of ether oxygens (including phenoxy) is 2. The molecule has 0 saturated carbocycles. The average molecular weight is 307 g/mol. The highest BCUT2D eigenvalue weighted by atomic mass is 16.7. The van der Waals surface area contributed by atoms with Crippen LogP contribution in [0.2, 0.25) is 0 Å². The van der Waals surface area contributed by atoms with E-state index in [0.29, 0.717) is 13.2 Å². The molecule has 5 nitrogen and oxygen atoms in total. The highest BCUT2D eigenvalue weighted by Crippen LogP contribution is 2.41. The van der Waals surface area contributed by atoms with Gasteiger partial charge < -0.3 is 9.47 Å². The molecular formula is C18H17N3O2. The Morgan fingerprint density at radius 2 is 1.78 bits per heavy atom. The second-order valence-electron chi connectivity index (χ2n) is 5.62. The van der Waals surface area contributed by atoms with E-state index < -0.39 is 5.60 Å². The van der Waals surface area contributed by atoms with Gasteiger partial charge in [0.05, 0.1) is 13.2 Å². The van der Waals surface area contributed by atoms with Crippen molar-refractivity contribution in [2.24, 2.45) is 0 Å². The Morgan fingerprint density at radius 1 is 1.04 bits per heavy atom. The fraction of sp³-hybridized carbons (Fsp3) is 0.222. The molecule has 2 atom stereocenters. The molecule has 5 heteroatoms. The van der Waals surface area contributed by atoms with Crippen molar-refractivity contribution in [2.75, 3.05) is 6.61 Å². The first-order valence-corrected chi connectivity index (χ1v) is 7.58. The number of nitrogens with zero attached hydrogens (tertiary/aromatic N) is 3. The van der Waals surface area contributed by atoms with Crippen molar-refractivity contribution >= 4 is 0 Å². The Hall–Kier alpha value is -2.50. The molecule has 1 saturated heterocycles. The van der Waals surface area contributed by atoms with Crippen LogP contribution >= 0.6 is 0 Å². The van der Waals surface area contributed by atoms with Gasteiger partial charge >= 0.3 is 0 Å². The van der Waals surface area contributed by atoms with Crippen LogP contribution in [0, 0.1) is 0 Å². The first-order valence-electron chi connectivity index (χ1n) is 7.58. The maximum Gasteiger partial charge on any atom is 0.185 e. The second-order valence-corrected chi connectivity index (χ2v) is 5.62. The van der Waals surface area contributed by atoms with Gasteiger partial charge in [0, 0.05) is 5.56 Å². The minimum atomic E-state index is -0.574. The molecule has 1 aromatic heterocycles. The minimum Gasteiger partial charge on any atom is -0.345 e. The van der Waals surface area contributed by atoms with Crippen molar-refractivity contribution in [3.05, 3.63) is 84.4 Å². The first kappa shape index (κ1) is 14.1. The summed E-state index contributed by atoms with van der Waals surface area (Å²) in [5.41, 5.74) is 1.52. The molecule has 2 unspecified atom stereocenters. The van der Waals surface area contributed by atoms with E-state index in [1.807, 2.05) is 48.5 Å². The highest BCUT2D eigenvalue weighted by molar-refractivity contribution is 5.25. The summed E-state index contributed by atoms with van der Waals surface area (Å²) in [4.78, 5) is 4.02. The van der Waals surface area contributed by atoms with E-state index in [4.69, 9.17) is 9.47 Å². The molecule has 0 bridgehead atoms. The lowest BCUT2D eigenvalue weighted by Crippen LogP contribution is -2.34. The van der Waals surface area contributed by atoms with Gasteiger partial charge in [0.2, 0.25) is 0 Å². The number of hydrogen-bond acceptors (Lipinski definition) is 4. The van der Waals surface area contributed by atoms with Crippen molar-refractivity contribution in [1.82, 2.24) is 14.8 Å². The topological polar surface area (TPSA) is 49.2 Å². The average Bonchev–Trinajstić information content (AvgIpc) is 3.28. The van der Waals surface area contributed by atoms with Gasteiger partial charge in [-0.1, -0.05) is 60.7 Å². The predicted octanol–water partition coefficient (Wildman–Crippen LogP) is 2.92. The van der Waals surface area contributed by atoms with Crippen molar-refractivity contribution in [1.29, 1.82) is 0 Å². The molecule has 0 amide bonds. The lowest BCUT2D eigenvalue weighted by molar-refractivity contribution is -0.101. The summed E-state index contributed by atoms with van der Waals surface area (Å²) in [5, 5.41) is 4.22. The summed E-state index contributed by atoms with van der Waals surface area (Å²) in [6.07, 6.45) is 2.85. The van der Waals surface area contributed by atoms with Crippen LogP contribution in [0.3, 0.4) is 0 Å². The van der Waals surface area contributed by atoms with Gasteiger partial charge in [0.1, 0.15) is 18.3 Å². The molecule has 0 N–H and O–H groups in total. The molecule has 1 aliphatic rings.